The summed E-state index contributed by atoms with van der Waals surface area (Å²) < 4.78 is 6.17. The number of nitrogens with zero attached hydrogens (tertiary/aromatic N) is 3. The fourth-order valence-electron chi connectivity index (χ4n) is 4.38. The highest BCUT2D eigenvalue weighted by atomic mass is 127. The number of hydrogen-bond acceptors (Lipinski definition) is 4. The lowest BCUT2D eigenvalue weighted by atomic mass is 9.90. The van der Waals surface area contributed by atoms with Gasteiger partial charge in [-0.15, -0.1) is 24.0 Å². The first-order valence-electron chi connectivity index (χ1n) is 11.8. The Morgan fingerprint density at radius 1 is 1.10 bits per heavy atom. The molecule has 7 heteroatoms. The van der Waals surface area contributed by atoms with E-state index in [0.29, 0.717) is 0 Å². The van der Waals surface area contributed by atoms with Gasteiger partial charge in [0.25, 0.3) is 0 Å². The molecule has 6 nitrogen and oxygen atoms in total. The summed E-state index contributed by atoms with van der Waals surface area (Å²) in [6.45, 7) is 17.6. The summed E-state index contributed by atoms with van der Waals surface area (Å²) in [7, 11) is 0. The summed E-state index contributed by atoms with van der Waals surface area (Å²) in [4.78, 5) is 9.99. The maximum absolute atomic E-state index is 6.17. The molecule has 0 amide bonds. The zero-order chi connectivity index (χ0) is 21.4. The number of hydrogen-bond donors (Lipinski definition) is 2. The molecule has 2 N–H and O–H groups in total. The van der Waals surface area contributed by atoms with Gasteiger partial charge in [0, 0.05) is 51.3 Å². The molecule has 2 aliphatic rings. The number of benzene rings is 1. The van der Waals surface area contributed by atoms with Crippen molar-refractivity contribution in [3.8, 4) is 5.75 Å². The van der Waals surface area contributed by atoms with Crippen LogP contribution in [0.2, 0.25) is 0 Å². The number of halogens is 1. The molecule has 0 aliphatic carbocycles. The average Bonchev–Trinajstić information content (AvgIpc) is 2.73. The van der Waals surface area contributed by atoms with Crippen molar-refractivity contribution in [2.75, 3.05) is 52.4 Å². The Kier molecular flexibility index (Phi) is 10.9. The highest BCUT2D eigenvalue weighted by Gasteiger charge is 2.33. The molecule has 31 heavy (non-hydrogen) atoms. The summed E-state index contributed by atoms with van der Waals surface area (Å²) >= 11 is 0. The van der Waals surface area contributed by atoms with Crippen molar-refractivity contribution >= 4 is 29.9 Å². The largest absolute Gasteiger partial charge is 0.487 e. The first kappa shape index (κ1) is 26.2. The molecule has 1 aromatic carbocycles. The second-order valence-corrected chi connectivity index (χ2v) is 9.04. The predicted octanol–water partition coefficient (Wildman–Crippen LogP) is 3.88. The van der Waals surface area contributed by atoms with Gasteiger partial charge in [0.05, 0.1) is 6.04 Å². The lowest BCUT2D eigenvalue weighted by Crippen LogP contribution is -2.46. The lowest BCUT2D eigenvalue weighted by molar-refractivity contribution is 0.0694. The van der Waals surface area contributed by atoms with E-state index >= 15 is 0 Å². The fraction of sp³-hybridized carbons (Fsp3) is 0.708. The van der Waals surface area contributed by atoms with E-state index in [1.54, 1.807) is 0 Å². The van der Waals surface area contributed by atoms with Gasteiger partial charge in [0.1, 0.15) is 11.4 Å². The van der Waals surface area contributed by atoms with Gasteiger partial charge in [0.15, 0.2) is 5.96 Å². The Balaban J connectivity index is 0.00000341. The standard InChI is InChI=1S/C24H41N5O.HI/c1-5-25-23(26-13-9-10-14-29-17-15-28(6-2)16-18-29)27-21-19-24(3,4)30-22-12-8-7-11-20(21)22;/h7-8,11-12,21H,5-6,9-10,13-19H2,1-4H3,(H2,25,26,27);1H. The van der Waals surface area contributed by atoms with Crippen LogP contribution in [0.5, 0.6) is 5.75 Å². The average molecular weight is 544 g/mol. The van der Waals surface area contributed by atoms with Gasteiger partial charge in [0.2, 0.25) is 0 Å². The van der Waals surface area contributed by atoms with Crippen LogP contribution in [-0.2, 0) is 0 Å². The van der Waals surface area contributed by atoms with Gasteiger partial charge >= 0.3 is 0 Å². The van der Waals surface area contributed by atoms with Crippen molar-refractivity contribution in [1.29, 1.82) is 0 Å². The normalized spacial score (nSPS) is 21.5. The molecule has 1 fully saturated rings. The van der Waals surface area contributed by atoms with E-state index in [4.69, 9.17) is 9.73 Å². The van der Waals surface area contributed by atoms with Crippen molar-refractivity contribution in [2.45, 2.75) is 58.6 Å². The van der Waals surface area contributed by atoms with E-state index in [9.17, 15) is 0 Å². The Hall–Kier alpha value is -1.06. The predicted molar refractivity (Wildman–Crippen MR) is 141 cm³/mol. The number of piperazine rings is 1. The molecule has 2 aliphatic heterocycles. The van der Waals surface area contributed by atoms with Crippen molar-refractivity contribution in [3.05, 3.63) is 29.8 Å². The zero-order valence-corrected chi connectivity index (χ0v) is 22.2. The van der Waals surface area contributed by atoms with Gasteiger partial charge in [-0.05, 0) is 52.8 Å². The third-order valence-corrected chi connectivity index (χ3v) is 6.10. The van der Waals surface area contributed by atoms with E-state index in [0.717, 1.165) is 37.6 Å². The number of ether oxygens (including phenoxy) is 1. The van der Waals surface area contributed by atoms with Crippen LogP contribution in [0.4, 0.5) is 0 Å². The van der Waals surface area contributed by atoms with E-state index < -0.39 is 0 Å². The minimum Gasteiger partial charge on any atom is -0.487 e. The molecular formula is C24H42IN5O. The first-order valence-corrected chi connectivity index (χ1v) is 11.8. The summed E-state index contributed by atoms with van der Waals surface area (Å²) in [6.07, 6.45) is 3.25. The highest BCUT2D eigenvalue weighted by molar-refractivity contribution is 14.0. The molecule has 1 atom stereocenters. The fourth-order valence-corrected chi connectivity index (χ4v) is 4.38. The van der Waals surface area contributed by atoms with Crippen LogP contribution in [0.15, 0.2) is 29.3 Å². The van der Waals surface area contributed by atoms with E-state index in [-0.39, 0.29) is 35.6 Å². The van der Waals surface area contributed by atoms with Crippen molar-refractivity contribution in [2.24, 2.45) is 4.99 Å². The van der Waals surface area contributed by atoms with Crippen LogP contribution in [0.3, 0.4) is 0 Å². The topological polar surface area (TPSA) is 52.1 Å². The molecule has 2 heterocycles. The Morgan fingerprint density at radius 2 is 1.81 bits per heavy atom. The van der Waals surface area contributed by atoms with Gasteiger partial charge in [-0.25, -0.2) is 0 Å². The molecule has 1 unspecified atom stereocenters. The van der Waals surface area contributed by atoms with Gasteiger partial charge < -0.3 is 25.2 Å². The molecule has 3 rings (SSSR count). The lowest BCUT2D eigenvalue weighted by Gasteiger charge is -2.38. The van der Waals surface area contributed by atoms with Gasteiger partial charge in [-0.2, -0.15) is 0 Å². The van der Waals surface area contributed by atoms with Crippen LogP contribution in [0, 0.1) is 0 Å². The molecule has 0 radical (unpaired) electrons. The van der Waals surface area contributed by atoms with Crippen LogP contribution in [0.1, 0.15) is 58.6 Å². The number of nitrogens with one attached hydrogen (secondary N) is 2. The summed E-state index contributed by atoms with van der Waals surface area (Å²) in [5, 5.41) is 7.09. The molecule has 176 valence electrons. The van der Waals surface area contributed by atoms with Crippen LogP contribution in [-0.4, -0.2) is 73.7 Å². The van der Waals surface area contributed by atoms with E-state index in [2.05, 4.69) is 66.3 Å². The number of likely N-dealkylation sites (N-methyl/N-ethyl adjacent to an activating group) is 1. The van der Waals surface area contributed by atoms with Crippen LogP contribution < -0.4 is 15.4 Å². The second kappa shape index (κ2) is 12.8. The number of guanidine groups is 1. The maximum Gasteiger partial charge on any atom is 0.191 e. The third kappa shape index (κ3) is 8.09. The minimum atomic E-state index is -0.189. The first-order chi connectivity index (χ1) is 14.5. The Labute approximate surface area is 206 Å². The smallest absolute Gasteiger partial charge is 0.191 e. The molecule has 1 saturated heterocycles. The molecule has 0 aromatic heterocycles. The Morgan fingerprint density at radius 3 is 2.52 bits per heavy atom. The number of rotatable bonds is 8. The molecule has 0 saturated carbocycles. The Bertz CT molecular complexity index is 688. The summed E-state index contributed by atoms with van der Waals surface area (Å²) in [6, 6.07) is 8.55. The maximum atomic E-state index is 6.17. The molecule has 0 bridgehead atoms. The van der Waals surface area contributed by atoms with Crippen LogP contribution in [0.25, 0.3) is 0 Å². The van der Waals surface area contributed by atoms with E-state index in [1.807, 2.05) is 6.07 Å². The number of para-hydroxylation sites is 1. The van der Waals surface area contributed by atoms with Crippen LogP contribution >= 0.6 is 24.0 Å². The zero-order valence-electron chi connectivity index (χ0n) is 19.8. The van der Waals surface area contributed by atoms with Crippen molar-refractivity contribution < 1.29 is 4.74 Å². The monoisotopic (exact) mass is 543 g/mol. The van der Waals surface area contributed by atoms with Crippen molar-refractivity contribution in [1.82, 2.24) is 20.4 Å². The van der Waals surface area contributed by atoms with Gasteiger partial charge in [-0.1, -0.05) is 25.1 Å². The second-order valence-electron chi connectivity index (χ2n) is 9.04. The van der Waals surface area contributed by atoms with Gasteiger partial charge in [-0.3, -0.25) is 4.99 Å². The summed E-state index contributed by atoms with van der Waals surface area (Å²) in [5.41, 5.74) is 1.03. The SMILES string of the molecule is CCNC(=NCCCCN1CCN(CC)CC1)NC1CC(C)(C)Oc2ccccc21.I. The minimum absolute atomic E-state index is 0. The molecule has 1 aromatic rings. The number of fused-ring (bicyclic) bond motifs is 1. The highest BCUT2D eigenvalue weighted by Crippen LogP contribution is 2.39. The summed E-state index contributed by atoms with van der Waals surface area (Å²) in [5.74, 6) is 1.89. The quantitative estimate of drug-likeness (QED) is 0.226. The van der Waals surface area contributed by atoms with Crippen molar-refractivity contribution in [3.63, 3.8) is 0 Å². The third-order valence-electron chi connectivity index (χ3n) is 6.10. The molecule has 0 spiro atoms. The van der Waals surface area contributed by atoms with E-state index in [1.165, 1.54) is 51.3 Å². The number of unbranched alkanes of at least 4 members (excludes halogenated alkanes) is 1. The number of aliphatic imine (C=N–C) groups is 1. The molecular weight excluding hydrogens is 501 g/mol.